The lowest BCUT2D eigenvalue weighted by atomic mass is 10.1. The topological polar surface area (TPSA) is 102 Å². The Balaban J connectivity index is 1.32. The number of halogens is 1. The van der Waals surface area contributed by atoms with Gasteiger partial charge in [-0.1, -0.05) is 41.9 Å². The zero-order chi connectivity index (χ0) is 19.1. The number of aliphatic hydroxyl groups excluding tert-OH is 1. The first-order valence-corrected chi connectivity index (χ1v) is 9.47. The lowest BCUT2D eigenvalue weighted by Crippen LogP contribution is -2.34. The fourth-order valence-corrected chi connectivity index (χ4v) is 3.76. The van der Waals surface area contributed by atoms with E-state index in [0.717, 1.165) is 5.56 Å². The Kier molecular flexibility index (Phi) is 4.56. The summed E-state index contributed by atoms with van der Waals surface area (Å²) in [5, 5.41) is 13.6. The van der Waals surface area contributed by atoms with Crippen molar-refractivity contribution in [3.8, 4) is 6.01 Å². The van der Waals surface area contributed by atoms with Gasteiger partial charge in [-0.15, -0.1) is 0 Å². The average molecular weight is 403 g/mol. The van der Waals surface area contributed by atoms with Crippen LogP contribution in [0.4, 0.5) is 5.82 Å². The zero-order valence-corrected chi connectivity index (χ0v) is 15.6. The maximum Gasteiger partial charge on any atom is 0.296 e. The quantitative estimate of drug-likeness (QED) is 0.600. The van der Waals surface area contributed by atoms with Crippen LogP contribution in [0.3, 0.4) is 0 Å². The fourth-order valence-electron chi connectivity index (χ4n) is 3.55. The third kappa shape index (κ3) is 3.29. The van der Waals surface area contributed by atoms with Crippen molar-refractivity contribution in [2.45, 2.75) is 31.0 Å². The monoisotopic (exact) mass is 402 g/mol. The van der Waals surface area contributed by atoms with E-state index in [1.807, 2.05) is 30.3 Å². The normalized spacial score (nSPS) is 26.5. The molecule has 8 nitrogen and oxygen atoms in total. The van der Waals surface area contributed by atoms with Crippen LogP contribution in [-0.4, -0.2) is 57.7 Å². The van der Waals surface area contributed by atoms with Gasteiger partial charge in [0.2, 0.25) is 0 Å². The second kappa shape index (κ2) is 7.21. The molecule has 3 aromatic rings. The minimum atomic E-state index is -0.618. The van der Waals surface area contributed by atoms with Crippen molar-refractivity contribution < 1.29 is 19.3 Å². The maximum absolute atomic E-state index is 9.83. The number of pyridine rings is 1. The molecule has 2 aromatic heterocycles. The summed E-state index contributed by atoms with van der Waals surface area (Å²) in [5.41, 5.74) is 2.30. The Morgan fingerprint density at radius 1 is 1.18 bits per heavy atom. The van der Waals surface area contributed by atoms with E-state index >= 15 is 0 Å². The second-order valence-electron chi connectivity index (χ2n) is 6.89. The van der Waals surface area contributed by atoms with Crippen molar-refractivity contribution in [3.05, 3.63) is 47.0 Å². The molecule has 4 heterocycles. The van der Waals surface area contributed by atoms with Crippen molar-refractivity contribution in [3.63, 3.8) is 0 Å². The van der Waals surface area contributed by atoms with Crippen molar-refractivity contribution in [2.24, 2.45) is 0 Å². The van der Waals surface area contributed by atoms with Gasteiger partial charge in [-0.2, -0.15) is 4.98 Å². The molecule has 3 N–H and O–H groups in total. The predicted molar refractivity (Wildman–Crippen MR) is 103 cm³/mol. The number of imidazole rings is 1. The van der Waals surface area contributed by atoms with E-state index in [2.05, 4.69) is 20.3 Å². The molecule has 0 spiro atoms. The second-order valence-corrected chi connectivity index (χ2v) is 7.30. The van der Waals surface area contributed by atoms with E-state index in [1.54, 1.807) is 6.07 Å². The van der Waals surface area contributed by atoms with Gasteiger partial charge in [0, 0.05) is 6.54 Å². The van der Waals surface area contributed by atoms with Crippen LogP contribution in [0.15, 0.2) is 36.4 Å². The zero-order valence-electron chi connectivity index (χ0n) is 14.8. The Morgan fingerprint density at radius 3 is 2.86 bits per heavy atom. The summed E-state index contributed by atoms with van der Waals surface area (Å²) in [5.74, 6) is 0.558. The molecule has 1 aromatic carbocycles. The summed E-state index contributed by atoms with van der Waals surface area (Å²) < 4.78 is 17.0. The Hall–Kier alpha value is -2.39. The number of hydrogen-bond donors (Lipinski definition) is 3. The van der Waals surface area contributed by atoms with Crippen molar-refractivity contribution >= 4 is 28.6 Å². The fraction of sp³-hybridized carbons (Fsp3) is 0.368. The predicted octanol–water partition coefficient (Wildman–Crippen LogP) is 2.13. The number of aliphatic hydroxyl groups is 1. The van der Waals surface area contributed by atoms with Crippen LogP contribution < -0.4 is 10.1 Å². The highest BCUT2D eigenvalue weighted by atomic mass is 35.5. The number of aromatic amines is 1. The van der Waals surface area contributed by atoms with E-state index in [0.29, 0.717) is 41.2 Å². The molecule has 2 fully saturated rings. The van der Waals surface area contributed by atoms with Crippen LogP contribution in [0.1, 0.15) is 5.56 Å². The molecule has 0 bridgehead atoms. The highest BCUT2D eigenvalue weighted by Crippen LogP contribution is 2.30. The first-order valence-electron chi connectivity index (χ1n) is 9.09. The van der Waals surface area contributed by atoms with Crippen LogP contribution >= 0.6 is 11.6 Å². The molecule has 0 saturated carbocycles. The summed E-state index contributed by atoms with van der Waals surface area (Å²) in [6.07, 6.45) is -1.61. The molecule has 9 heteroatoms. The molecular formula is C19H19ClN4O4. The first-order chi connectivity index (χ1) is 13.7. The SMILES string of the molecule is O[C@@H]1CO[C@H]2[C@@H]1OC[C@H]2Oc1nc2nc(NCc3ccccc3)c(Cl)cc2[nH]1. The minimum Gasteiger partial charge on any atom is -0.456 e. The third-order valence-corrected chi connectivity index (χ3v) is 5.24. The Bertz CT molecular complexity index is 983. The summed E-state index contributed by atoms with van der Waals surface area (Å²) in [6, 6.07) is 12.1. The number of rotatable bonds is 5. The molecule has 0 unspecified atom stereocenters. The molecule has 4 atom stereocenters. The highest BCUT2D eigenvalue weighted by Gasteiger charge is 2.48. The number of fused-ring (bicyclic) bond motifs is 2. The molecule has 28 heavy (non-hydrogen) atoms. The lowest BCUT2D eigenvalue weighted by Gasteiger charge is -2.15. The molecule has 0 radical (unpaired) electrons. The number of nitrogens with one attached hydrogen (secondary N) is 2. The molecule has 2 aliphatic heterocycles. The van der Waals surface area contributed by atoms with E-state index in [9.17, 15) is 5.11 Å². The van der Waals surface area contributed by atoms with E-state index in [1.165, 1.54) is 0 Å². The van der Waals surface area contributed by atoms with Gasteiger partial charge in [0.15, 0.2) is 11.8 Å². The number of ether oxygens (including phenoxy) is 3. The third-order valence-electron chi connectivity index (χ3n) is 4.95. The smallest absolute Gasteiger partial charge is 0.296 e. The number of benzene rings is 1. The molecule has 146 valence electrons. The van der Waals surface area contributed by atoms with Gasteiger partial charge in [0.1, 0.15) is 24.1 Å². The van der Waals surface area contributed by atoms with Gasteiger partial charge in [0.05, 0.1) is 23.8 Å². The van der Waals surface area contributed by atoms with Crippen LogP contribution in [0.2, 0.25) is 5.02 Å². The van der Waals surface area contributed by atoms with E-state index in [4.69, 9.17) is 25.8 Å². The van der Waals surface area contributed by atoms with Crippen LogP contribution in [0.25, 0.3) is 11.2 Å². The Labute approximate surface area is 165 Å². The molecule has 0 aliphatic carbocycles. The van der Waals surface area contributed by atoms with E-state index < -0.39 is 6.10 Å². The van der Waals surface area contributed by atoms with Crippen molar-refractivity contribution in [2.75, 3.05) is 18.5 Å². The standard InChI is InChI=1S/C19H19ClN4O4/c20-11-6-12-18(23-17(11)21-7-10-4-2-1-3-5-10)24-19(22-12)28-14-9-27-15-13(25)8-26-16(14)15/h1-6,13-16,25H,7-9H2,(H2,21,22,23,24)/t13-,14-,15-,16-/m1/s1. The maximum atomic E-state index is 9.83. The summed E-state index contributed by atoms with van der Waals surface area (Å²) >= 11 is 6.36. The van der Waals surface area contributed by atoms with Crippen LogP contribution in [0, 0.1) is 0 Å². The van der Waals surface area contributed by atoms with Gasteiger partial charge in [-0.3, -0.25) is 0 Å². The van der Waals surface area contributed by atoms with Gasteiger partial charge in [-0.25, -0.2) is 4.98 Å². The largest absolute Gasteiger partial charge is 0.456 e. The van der Waals surface area contributed by atoms with E-state index in [-0.39, 0.29) is 24.9 Å². The van der Waals surface area contributed by atoms with Gasteiger partial charge < -0.3 is 29.6 Å². The number of H-pyrrole nitrogens is 1. The Morgan fingerprint density at radius 2 is 2.00 bits per heavy atom. The van der Waals surface area contributed by atoms with Crippen molar-refractivity contribution in [1.82, 2.24) is 15.0 Å². The number of aromatic nitrogens is 3. The van der Waals surface area contributed by atoms with Gasteiger partial charge in [0.25, 0.3) is 6.01 Å². The summed E-state index contributed by atoms with van der Waals surface area (Å²) in [4.78, 5) is 12.0. The highest BCUT2D eigenvalue weighted by molar-refractivity contribution is 6.33. The molecule has 0 amide bonds. The lowest BCUT2D eigenvalue weighted by molar-refractivity contribution is 0.00706. The molecule has 5 rings (SSSR count). The molecule has 2 saturated heterocycles. The van der Waals surface area contributed by atoms with Crippen LogP contribution in [-0.2, 0) is 16.0 Å². The first kappa shape index (κ1) is 17.7. The molecule has 2 aliphatic rings. The summed E-state index contributed by atoms with van der Waals surface area (Å²) in [6.45, 7) is 1.19. The van der Waals surface area contributed by atoms with Crippen molar-refractivity contribution in [1.29, 1.82) is 0 Å². The van der Waals surface area contributed by atoms with Gasteiger partial charge >= 0.3 is 0 Å². The van der Waals surface area contributed by atoms with Crippen LogP contribution in [0.5, 0.6) is 6.01 Å². The summed E-state index contributed by atoms with van der Waals surface area (Å²) in [7, 11) is 0. The molecular weight excluding hydrogens is 384 g/mol. The minimum absolute atomic E-state index is 0.253. The average Bonchev–Trinajstić information content (AvgIpc) is 3.38. The number of anilines is 1. The van der Waals surface area contributed by atoms with Gasteiger partial charge in [-0.05, 0) is 11.6 Å². The number of nitrogens with zero attached hydrogens (tertiary/aromatic N) is 2. The number of hydrogen-bond acceptors (Lipinski definition) is 7.